The molecule has 0 fully saturated rings. The Balaban J connectivity index is 1.06. The third kappa shape index (κ3) is 7.72. The summed E-state index contributed by atoms with van der Waals surface area (Å²) in [7, 11) is 0. The molecular weight excluding hydrogens is 743 g/mol. The van der Waals surface area contributed by atoms with Crippen LogP contribution >= 0.6 is 0 Å². The fraction of sp³-hybridized carbons (Fsp3) is 0. The Morgan fingerprint density at radius 3 is 1.26 bits per heavy atom. The molecule has 8 aromatic carbocycles. The van der Waals surface area contributed by atoms with Gasteiger partial charge in [-0.3, -0.25) is 5.41 Å². The summed E-state index contributed by atoms with van der Waals surface area (Å²) >= 11 is 0. The third-order valence-electron chi connectivity index (χ3n) is 11.0. The molecule has 0 unspecified atom stereocenters. The SMILES string of the molecule is N=C(/C(=C1\NC(c2ccccc2)=Cc2ccc(-c3ccc(-c4nc(-c5ccccc5)nc(-c5ccc(-c6ccccc6)cc5)n4)cc3)cc21)c1ccccc1)c1ccccc1. The number of rotatable bonds is 9. The number of aromatic nitrogens is 3. The minimum Gasteiger partial charge on any atom is -0.354 e. The second-order valence-electron chi connectivity index (χ2n) is 14.9. The largest absolute Gasteiger partial charge is 0.354 e. The van der Waals surface area contributed by atoms with Crippen molar-refractivity contribution in [3.8, 4) is 56.4 Å². The van der Waals surface area contributed by atoms with Gasteiger partial charge in [0.15, 0.2) is 17.5 Å². The quantitative estimate of drug-likeness (QED) is 0.143. The molecule has 0 spiro atoms. The first kappa shape index (κ1) is 37.0. The maximum absolute atomic E-state index is 9.65. The first-order chi connectivity index (χ1) is 30.1. The van der Waals surface area contributed by atoms with Crippen LogP contribution < -0.4 is 5.32 Å². The zero-order chi connectivity index (χ0) is 41.0. The van der Waals surface area contributed by atoms with Crippen molar-refractivity contribution in [1.82, 2.24) is 20.3 Å². The molecular formula is C56H39N5. The van der Waals surface area contributed by atoms with Gasteiger partial charge in [-0.25, -0.2) is 15.0 Å². The highest BCUT2D eigenvalue weighted by atomic mass is 15.0. The summed E-state index contributed by atoms with van der Waals surface area (Å²) in [6.07, 6.45) is 2.20. The molecule has 0 atom stereocenters. The van der Waals surface area contributed by atoms with E-state index in [1.165, 1.54) is 0 Å². The van der Waals surface area contributed by atoms with E-state index in [-0.39, 0.29) is 0 Å². The molecule has 0 saturated heterocycles. The predicted molar refractivity (Wildman–Crippen MR) is 251 cm³/mol. The Morgan fingerprint density at radius 1 is 0.361 bits per heavy atom. The highest BCUT2D eigenvalue weighted by Crippen LogP contribution is 2.39. The fourth-order valence-corrected chi connectivity index (χ4v) is 7.81. The van der Waals surface area contributed by atoms with Gasteiger partial charge in [-0.1, -0.05) is 212 Å². The topological polar surface area (TPSA) is 74.6 Å². The van der Waals surface area contributed by atoms with Crippen molar-refractivity contribution in [2.24, 2.45) is 0 Å². The summed E-state index contributed by atoms with van der Waals surface area (Å²) in [6, 6.07) is 74.4. The van der Waals surface area contributed by atoms with Crippen LogP contribution in [0.2, 0.25) is 0 Å². The molecule has 0 saturated carbocycles. The van der Waals surface area contributed by atoms with Crippen LogP contribution in [0.15, 0.2) is 218 Å². The van der Waals surface area contributed by atoms with Crippen LogP contribution in [0, 0.1) is 5.41 Å². The summed E-state index contributed by atoms with van der Waals surface area (Å²) in [4.78, 5) is 15.0. The third-order valence-corrected chi connectivity index (χ3v) is 11.0. The molecule has 1 aromatic heterocycles. The van der Waals surface area contributed by atoms with Crippen LogP contribution in [0.25, 0.3) is 79.5 Å². The Hall–Kier alpha value is -8.28. The molecule has 0 radical (unpaired) electrons. The Labute approximate surface area is 355 Å². The molecule has 2 N–H and O–H groups in total. The van der Waals surface area contributed by atoms with Crippen molar-refractivity contribution >= 4 is 28.8 Å². The van der Waals surface area contributed by atoms with Gasteiger partial charge >= 0.3 is 0 Å². The van der Waals surface area contributed by atoms with Gasteiger partial charge in [-0.05, 0) is 51.1 Å². The molecule has 2 heterocycles. The van der Waals surface area contributed by atoms with E-state index in [0.29, 0.717) is 23.2 Å². The van der Waals surface area contributed by atoms with Gasteiger partial charge in [0.25, 0.3) is 0 Å². The second-order valence-corrected chi connectivity index (χ2v) is 14.9. The van der Waals surface area contributed by atoms with E-state index < -0.39 is 0 Å². The lowest BCUT2D eigenvalue weighted by Crippen LogP contribution is -2.20. The molecule has 0 bridgehead atoms. The molecule has 0 aliphatic carbocycles. The lowest BCUT2D eigenvalue weighted by atomic mass is 9.86. The minimum absolute atomic E-state index is 0.447. The molecule has 1 aliphatic heterocycles. The monoisotopic (exact) mass is 781 g/mol. The van der Waals surface area contributed by atoms with Crippen molar-refractivity contribution in [2.75, 3.05) is 0 Å². The van der Waals surface area contributed by atoms with Crippen molar-refractivity contribution in [3.63, 3.8) is 0 Å². The van der Waals surface area contributed by atoms with E-state index in [4.69, 9.17) is 15.0 Å². The molecule has 0 amide bonds. The van der Waals surface area contributed by atoms with Gasteiger partial charge in [-0.2, -0.15) is 0 Å². The normalized spacial score (nSPS) is 12.8. The van der Waals surface area contributed by atoms with Gasteiger partial charge < -0.3 is 5.32 Å². The molecule has 9 aromatic rings. The van der Waals surface area contributed by atoms with E-state index in [0.717, 1.165) is 83.7 Å². The van der Waals surface area contributed by atoms with Crippen LogP contribution in [0.5, 0.6) is 0 Å². The summed E-state index contributed by atoms with van der Waals surface area (Å²) in [5.41, 5.74) is 15.3. The molecule has 5 nitrogen and oxygen atoms in total. The Bertz CT molecular complexity index is 3050. The maximum Gasteiger partial charge on any atom is 0.164 e. The van der Waals surface area contributed by atoms with Crippen LogP contribution in [-0.4, -0.2) is 20.7 Å². The van der Waals surface area contributed by atoms with Gasteiger partial charge in [0.05, 0.1) is 11.4 Å². The smallest absolute Gasteiger partial charge is 0.164 e. The summed E-state index contributed by atoms with van der Waals surface area (Å²) in [5.74, 6) is 1.84. The lowest BCUT2D eigenvalue weighted by Gasteiger charge is -2.27. The first-order valence-electron chi connectivity index (χ1n) is 20.4. The van der Waals surface area contributed by atoms with E-state index >= 15 is 0 Å². The highest BCUT2D eigenvalue weighted by molar-refractivity contribution is 6.36. The number of benzene rings is 8. The van der Waals surface area contributed by atoms with Crippen molar-refractivity contribution in [3.05, 3.63) is 246 Å². The van der Waals surface area contributed by atoms with Crippen molar-refractivity contribution < 1.29 is 0 Å². The van der Waals surface area contributed by atoms with E-state index in [1.54, 1.807) is 0 Å². The Kier molecular flexibility index (Phi) is 10.0. The number of hydrogen-bond donors (Lipinski definition) is 2. The van der Waals surface area contributed by atoms with Crippen LogP contribution in [-0.2, 0) is 0 Å². The molecule has 1 aliphatic rings. The molecule has 288 valence electrons. The average Bonchev–Trinajstić information content (AvgIpc) is 3.35. The molecule has 61 heavy (non-hydrogen) atoms. The van der Waals surface area contributed by atoms with Crippen LogP contribution in [0.3, 0.4) is 0 Å². The molecule has 5 heteroatoms. The van der Waals surface area contributed by atoms with Gasteiger partial charge in [0, 0.05) is 39.1 Å². The highest BCUT2D eigenvalue weighted by Gasteiger charge is 2.24. The number of nitrogens with one attached hydrogen (secondary N) is 2. The maximum atomic E-state index is 9.65. The number of allylic oxidation sites excluding steroid dienone is 1. The van der Waals surface area contributed by atoms with Gasteiger partial charge in [0.1, 0.15) is 0 Å². The van der Waals surface area contributed by atoms with E-state index in [9.17, 15) is 5.41 Å². The van der Waals surface area contributed by atoms with Crippen molar-refractivity contribution in [1.29, 1.82) is 5.41 Å². The number of hydrogen-bond acceptors (Lipinski definition) is 5. The summed E-state index contributed by atoms with van der Waals surface area (Å²) in [5, 5.41) is 13.5. The van der Waals surface area contributed by atoms with Crippen molar-refractivity contribution in [2.45, 2.75) is 0 Å². The Morgan fingerprint density at radius 2 is 0.738 bits per heavy atom. The zero-order valence-corrected chi connectivity index (χ0v) is 33.2. The van der Waals surface area contributed by atoms with E-state index in [2.05, 4.69) is 139 Å². The standard InChI is InChI=1S/C56H39N5/c57-52(43-22-12-4-13-23-43)51(42-20-10-3-11-21-42)53-49-36-47(34-35-48(49)37-50(58-53)41-18-8-2-9-19-41)40-28-32-46(33-29-40)56-60-54(44-24-14-5-15-25-44)59-55(61-56)45-30-26-39(27-31-45)38-16-6-1-7-17-38/h1-37,57-58H/b53-51-,57-52?. The fourth-order valence-electron chi connectivity index (χ4n) is 7.81. The predicted octanol–water partition coefficient (Wildman–Crippen LogP) is 13.2. The summed E-state index contributed by atoms with van der Waals surface area (Å²) in [6.45, 7) is 0. The van der Waals surface area contributed by atoms with E-state index in [1.807, 2.05) is 91.0 Å². The first-order valence-corrected chi connectivity index (χ1v) is 20.4. The van der Waals surface area contributed by atoms with Gasteiger partial charge in [-0.15, -0.1) is 0 Å². The van der Waals surface area contributed by atoms with Gasteiger partial charge in [0.2, 0.25) is 0 Å². The lowest BCUT2D eigenvalue weighted by molar-refractivity contribution is 1.07. The second kappa shape index (κ2) is 16.5. The number of fused-ring (bicyclic) bond motifs is 1. The number of nitrogens with zero attached hydrogens (tertiary/aromatic N) is 3. The van der Waals surface area contributed by atoms with Crippen LogP contribution in [0.4, 0.5) is 0 Å². The molecule has 10 rings (SSSR count). The zero-order valence-electron chi connectivity index (χ0n) is 33.2. The summed E-state index contributed by atoms with van der Waals surface area (Å²) < 4.78 is 0. The average molecular weight is 782 g/mol. The van der Waals surface area contributed by atoms with Crippen LogP contribution in [0.1, 0.15) is 27.8 Å². The minimum atomic E-state index is 0.447.